The SMILES string of the molecule is CC(=O)CCC(=O)OC1[C@@H](C(C)C)O[C@@H](n2cnc3c(=O)[nH]c(NCC(C)C)nc32)[C@H]1O[Si](C)(C)C(C)(C)C. The topological polar surface area (TPSA) is 137 Å². The van der Waals surface area contributed by atoms with Crippen LogP contribution in [0.4, 0.5) is 5.95 Å². The highest BCUT2D eigenvalue weighted by Gasteiger charge is 2.53. The van der Waals surface area contributed by atoms with Crippen LogP contribution in [-0.2, 0) is 23.5 Å². The lowest BCUT2D eigenvalue weighted by molar-refractivity contribution is -0.157. The van der Waals surface area contributed by atoms with E-state index in [9.17, 15) is 14.4 Å². The van der Waals surface area contributed by atoms with Crippen molar-refractivity contribution in [3.8, 4) is 0 Å². The number of aromatic nitrogens is 4. The molecule has 1 unspecified atom stereocenters. The minimum absolute atomic E-state index is 0.00997. The number of imidazole rings is 1. The largest absolute Gasteiger partial charge is 0.457 e. The summed E-state index contributed by atoms with van der Waals surface area (Å²) in [6.07, 6.45) is -0.987. The summed E-state index contributed by atoms with van der Waals surface area (Å²) in [6.45, 7) is 20.9. The van der Waals surface area contributed by atoms with Crippen molar-refractivity contribution in [3.05, 3.63) is 16.7 Å². The minimum atomic E-state index is -2.39. The van der Waals surface area contributed by atoms with Gasteiger partial charge in [-0.05, 0) is 36.9 Å². The zero-order valence-electron chi connectivity index (χ0n) is 25.0. The number of rotatable bonds is 11. The fraction of sp³-hybridized carbons (Fsp3) is 0.741. The van der Waals surface area contributed by atoms with Gasteiger partial charge in [-0.3, -0.25) is 19.1 Å². The Kier molecular flexibility index (Phi) is 9.44. The van der Waals surface area contributed by atoms with Crippen molar-refractivity contribution in [1.29, 1.82) is 0 Å². The summed E-state index contributed by atoms with van der Waals surface area (Å²) in [5.74, 6) is 0.127. The third-order valence-corrected chi connectivity index (χ3v) is 11.9. The number of H-pyrrole nitrogens is 1. The van der Waals surface area contributed by atoms with Gasteiger partial charge < -0.3 is 24.0 Å². The summed E-state index contributed by atoms with van der Waals surface area (Å²) >= 11 is 0. The number of aromatic amines is 1. The Morgan fingerprint density at radius 1 is 1.18 bits per heavy atom. The summed E-state index contributed by atoms with van der Waals surface area (Å²) in [7, 11) is -2.39. The first kappa shape index (κ1) is 31.0. The maximum atomic E-state index is 12.9. The van der Waals surface area contributed by atoms with Crippen molar-refractivity contribution in [2.45, 2.75) is 111 Å². The number of ketones is 1. The molecule has 0 aliphatic carbocycles. The van der Waals surface area contributed by atoms with Crippen LogP contribution in [0.25, 0.3) is 11.2 Å². The Hall–Kier alpha value is -2.57. The average Bonchev–Trinajstić information content (AvgIpc) is 3.37. The first-order valence-electron chi connectivity index (χ1n) is 13.7. The van der Waals surface area contributed by atoms with Crippen molar-refractivity contribution < 1.29 is 23.5 Å². The third-order valence-electron chi connectivity index (χ3n) is 7.45. The summed E-state index contributed by atoms with van der Waals surface area (Å²) < 4.78 is 21.2. The van der Waals surface area contributed by atoms with Crippen LogP contribution in [0.2, 0.25) is 18.1 Å². The molecule has 1 saturated heterocycles. The highest BCUT2D eigenvalue weighted by molar-refractivity contribution is 6.74. The van der Waals surface area contributed by atoms with E-state index < -0.39 is 38.8 Å². The molecule has 0 aromatic carbocycles. The van der Waals surface area contributed by atoms with Crippen LogP contribution in [0.3, 0.4) is 0 Å². The van der Waals surface area contributed by atoms with Gasteiger partial charge in [0, 0.05) is 13.0 Å². The lowest BCUT2D eigenvalue weighted by Crippen LogP contribution is -2.50. The van der Waals surface area contributed by atoms with Gasteiger partial charge in [0.1, 0.15) is 18.0 Å². The van der Waals surface area contributed by atoms with Crippen LogP contribution in [-0.4, -0.2) is 64.4 Å². The molecule has 2 aromatic rings. The molecule has 4 atom stereocenters. The molecule has 2 aromatic heterocycles. The molecule has 12 heteroatoms. The number of ether oxygens (including phenoxy) is 2. The number of nitrogens with one attached hydrogen (secondary N) is 2. The molecule has 0 radical (unpaired) electrons. The number of nitrogens with zero attached hydrogens (tertiary/aromatic N) is 3. The van der Waals surface area contributed by atoms with E-state index in [-0.39, 0.29) is 40.7 Å². The molecule has 11 nitrogen and oxygen atoms in total. The number of esters is 1. The van der Waals surface area contributed by atoms with Gasteiger partial charge in [0.05, 0.1) is 12.7 Å². The van der Waals surface area contributed by atoms with Gasteiger partial charge in [-0.2, -0.15) is 4.98 Å². The number of carbonyl (C=O) groups excluding carboxylic acids is 2. The van der Waals surface area contributed by atoms with Crippen LogP contribution >= 0.6 is 0 Å². The maximum absolute atomic E-state index is 12.9. The molecular weight excluding hydrogens is 518 g/mol. The second kappa shape index (κ2) is 11.9. The van der Waals surface area contributed by atoms with E-state index in [4.69, 9.17) is 13.9 Å². The Labute approximate surface area is 231 Å². The Bertz CT molecular complexity index is 1230. The van der Waals surface area contributed by atoms with Crippen LogP contribution < -0.4 is 10.9 Å². The van der Waals surface area contributed by atoms with Crippen LogP contribution in [0, 0.1) is 11.8 Å². The van der Waals surface area contributed by atoms with Crippen molar-refractivity contribution in [2.24, 2.45) is 11.8 Å². The molecule has 1 fully saturated rings. The molecule has 1 aliphatic rings. The molecule has 0 amide bonds. The van der Waals surface area contributed by atoms with E-state index >= 15 is 0 Å². The minimum Gasteiger partial charge on any atom is -0.457 e. The van der Waals surface area contributed by atoms with Crippen LogP contribution in [0.1, 0.15) is 74.5 Å². The van der Waals surface area contributed by atoms with Gasteiger partial charge >= 0.3 is 5.97 Å². The van der Waals surface area contributed by atoms with Crippen molar-refractivity contribution >= 4 is 37.2 Å². The fourth-order valence-corrected chi connectivity index (χ4v) is 5.47. The molecule has 0 bridgehead atoms. The van der Waals surface area contributed by atoms with E-state index in [0.29, 0.717) is 24.1 Å². The molecule has 2 N–H and O–H groups in total. The fourth-order valence-electron chi connectivity index (χ4n) is 4.19. The molecule has 0 saturated carbocycles. The highest BCUT2D eigenvalue weighted by atomic mass is 28.4. The van der Waals surface area contributed by atoms with Gasteiger partial charge in [-0.1, -0.05) is 48.5 Å². The predicted molar refractivity (Wildman–Crippen MR) is 152 cm³/mol. The van der Waals surface area contributed by atoms with E-state index in [2.05, 4.69) is 68.0 Å². The first-order chi connectivity index (χ1) is 18.0. The second-order valence-corrected chi connectivity index (χ2v) is 17.5. The smallest absolute Gasteiger partial charge is 0.306 e. The molecular formula is C27H45N5O6Si. The number of Topliss-reactive ketones (excluding diaryl/α,β-unsaturated/α-hetero) is 1. The molecule has 218 valence electrons. The average molecular weight is 564 g/mol. The second-order valence-electron chi connectivity index (χ2n) is 12.7. The van der Waals surface area contributed by atoms with Gasteiger partial charge in [0.2, 0.25) is 5.95 Å². The molecule has 3 rings (SSSR count). The number of fused-ring (bicyclic) bond motifs is 1. The van der Waals surface area contributed by atoms with Crippen LogP contribution in [0.15, 0.2) is 11.1 Å². The molecule has 0 spiro atoms. The van der Waals surface area contributed by atoms with Gasteiger partial charge in [0.15, 0.2) is 31.8 Å². The third kappa shape index (κ3) is 7.15. The van der Waals surface area contributed by atoms with E-state index in [1.165, 1.54) is 13.3 Å². The molecule has 3 heterocycles. The zero-order chi connectivity index (χ0) is 29.3. The Balaban J connectivity index is 2.09. The standard InChI is InChI=1S/C27H45N5O6Si/c1-15(2)13-28-26-30-23-19(24(35)31-26)29-14-32(23)25-22(38-39(9,10)27(6,7)8)21(20(37-25)16(3)4)36-18(34)12-11-17(5)33/h14-16,20-22,25H,11-13H2,1-10H3,(H2,28,30,31,35)/t20-,21?,22+,25-/m1/s1. The van der Waals surface area contributed by atoms with Gasteiger partial charge in [-0.15, -0.1) is 0 Å². The Morgan fingerprint density at radius 2 is 1.85 bits per heavy atom. The zero-order valence-corrected chi connectivity index (χ0v) is 26.0. The summed E-state index contributed by atoms with van der Waals surface area (Å²) in [6, 6.07) is 0. The summed E-state index contributed by atoms with van der Waals surface area (Å²) in [5, 5.41) is 3.04. The number of anilines is 1. The summed E-state index contributed by atoms with van der Waals surface area (Å²) in [5.41, 5.74) is 0.171. The summed E-state index contributed by atoms with van der Waals surface area (Å²) in [4.78, 5) is 48.9. The van der Waals surface area contributed by atoms with E-state index in [0.717, 1.165) is 0 Å². The van der Waals surface area contributed by atoms with Gasteiger partial charge in [0.25, 0.3) is 5.56 Å². The van der Waals surface area contributed by atoms with Crippen molar-refractivity contribution in [2.75, 3.05) is 11.9 Å². The number of carbonyl (C=O) groups is 2. The quantitative estimate of drug-likeness (QED) is 0.301. The first-order valence-corrected chi connectivity index (χ1v) is 16.7. The van der Waals surface area contributed by atoms with Crippen molar-refractivity contribution in [3.63, 3.8) is 0 Å². The van der Waals surface area contributed by atoms with E-state index in [1.54, 1.807) is 4.57 Å². The normalized spacial score (nSPS) is 22.2. The molecule has 1 aliphatic heterocycles. The van der Waals surface area contributed by atoms with E-state index in [1.807, 2.05) is 13.8 Å². The number of hydrogen-bond acceptors (Lipinski definition) is 9. The molecule has 39 heavy (non-hydrogen) atoms. The Morgan fingerprint density at radius 3 is 2.41 bits per heavy atom. The van der Waals surface area contributed by atoms with Crippen molar-refractivity contribution in [1.82, 2.24) is 19.5 Å². The lowest BCUT2D eigenvalue weighted by atomic mass is 10.00. The maximum Gasteiger partial charge on any atom is 0.306 e. The lowest BCUT2D eigenvalue weighted by Gasteiger charge is -2.40. The monoisotopic (exact) mass is 563 g/mol. The predicted octanol–water partition coefficient (Wildman–Crippen LogP) is 4.41. The number of hydrogen-bond donors (Lipinski definition) is 2. The van der Waals surface area contributed by atoms with Gasteiger partial charge in [-0.25, -0.2) is 4.98 Å². The highest BCUT2D eigenvalue weighted by Crippen LogP contribution is 2.44. The van der Waals surface area contributed by atoms with Crippen LogP contribution in [0.5, 0.6) is 0 Å².